The normalized spacial score (nSPS) is 11.7. The topological polar surface area (TPSA) is 37.3 Å². The largest absolute Gasteiger partial charge is 0.391 e. The Morgan fingerprint density at radius 3 is 2.60 bits per heavy atom. The Balaban J connectivity index is 2.79. The van der Waals surface area contributed by atoms with Crippen molar-refractivity contribution in [2.24, 2.45) is 0 Å². The summed E-state index contributed by atoms with van der Waals surface area (Å²) in [4.78, 5) is 10.2. The van der Waals surface area contributed by atoms with Gasteiger partial charge in [-0.25, -0.2) is 0 Å². The first kappa shape index (κ1) is 16.4. The first-order chi connectivity index (χ1) is 9.60. The molecule has 1 aromatic carbocycles. The lowest BCUT2D eigenvalue weighted by atomic mass is 10.2. The van der Waals surface area contributed by atoms with Gasteiger partial charge in [-0.1, -0.05) is 66.2 Å². The van der Waals surface area contributed by atoms with Gasteiger partial charge in [-0.15, -0.1) is 0 Å². The average molecular weight is 286 g/mol. The SMILES string of the molecule is C[Si](C)(/C=C(\C#CCCCC=O)CO)c1ccccc1. The number of aliphatic hydroxyl groups is 1. The van der Waals surface area contributed by atoms with E-state index in [1.807, 2.05) is 18.2 Å². The number of aliphatic hydroxyl groups excluding tert-OH is 1. The molecular formula is C17H22O2Si. The van der Waals surface area contributed by atoms with Crippen LogP contribution >= 0.6 is 0 Å². The third-order valence-corrected chi connectivity index (χ3v) is 5.99. The maximum atomic E-state index is 10.2. The van der Waals surface area contributed by atoms with E-state index < -0.39 is 8.07 Å². The minimum Gasteiger partial charge on any atom is -0.391 e. The maximum absolute atomic E-state index is 10.2. The Bertz CT molecular complexity index is 507. The molecule has 0 amide bonds. The van der Waals surface area contributed by atoms with Gasteiger partial charge in [-0.05, 0) is 6.42 Å². The fourth-order valence-electron chi connectivity index (χ4n) is 1.96. The zero-order valence-electron chi connectivity index (χ0n) is 12.2. The van der Waals surface area contributed by atoms with Gasteiger partial charge in [0.25, 0.3) is 0 Å². The summed E-state index contributed by atoms with van der Waals surface area (Å²) in [5.74, 6) is 6.06. The van der Waals surface area contributed by atoms with Crippen LogP contribution in [0.2, 0.25) is 13.1 Å². The molecule has 0 saturated heterocycles. The van der Waals surface area contributed by atoms with Crippen molar-refractivity contribution in [3.63, 3.8) is 0 Å². The fourth-order valence-corrected chi connectivity index (χ4v) is 4.21. The Kier molecular flexibility index (Phi) is 7.00. The highest BCUT2D eigenvalue weighted by Gasteiger charge is 2.20. The molecule has 1 aromatic rings. The lowest BCUT2D eigenvalue weighted by Gasteiger charge is -2.19. The summed E-state index contributed by atoms with van der Waals surface area (Å²) in [6.45, 7) is 4.46. The van der Waals surface area contributed by atoms with Crippen LogP contribution in [0.15, 0.2) is 41.6 Å². The molecule has 0 saturated carbocycles. The highest BCUT2D eigenvalue weighted by atomic mass is 28.3. The molecule has 0 aliphatic rings. The van der Waals surface area contributed by atoms with Crippen LogP contribution in [0.4, 0.5) is 0 Å². The van der Waals surface area contributed by atoms with Gasteiger partial charge in [0.2, 0.25) is 0 Å². The van der Waals surface area contributed by atoms with E-state index in [2.05, 4.69) is 42.8 Å². The number of hydrogen-bond acceptors (Lipinski definition) is 2. The Morgan fingerprint density at radius 2 is 2.00 bits per heavy atom. The predicted molar refractivity (Wildman–Crippen MR) is 86.4 cm³/mol. The van der Waals surface area contributed by atoms with Gasteiger partial charge in [0.15, 0.2) is 0 Å². The molecule has 0 radical (unpaired) electrons. The molecule has 0 bridgehead atoms. The summed E-state index contributed by atoms with van der Waals surface area (Å²) in [6, 6.07) is 10.4. The predicted octanol–water partition coefficient (Wildman–Crippen LogP) is 2.43. The van der Waals surface area contributed by atoms with Crippen LogP contribution in [0.3, 0.4) is 0 Å². The molecule has 1 rings (SSSR count). The maximum Gasteiger partial charge on any atom is 0.120 e. The molecule has 20 heavy (non-hydrogen) atoms. The molecule has 0 aromatic heterocycles. The summed E-state index contributed by atoms with van der Waals surface area (Å²) >= 11 is 0. The molecule has 0 spiro atoms. The van der Waals surface area contributed by atoms with Crippen LogP contribution < -0.4 is 5.19 Å². The van der Waals surface area contributed by atoms with Gasteiger partial charge in [-0.3, -0.25) is 0 Å². The molecule has 0 aliphatic carbocycles. The Morgan fingerprint density at radius 1 is 1.30 bits per heavy atom. The van der Waals surface area contributed by atoms with Crippen molar-refractivity contribution in [1.29, 1.82) is 0 Å². The lowest BCUT2D eigenvalue weighted by molar-refractivity contribution is -0.107. The molecular weight excluding hydrogens is 264 g/mol. The van der Waals surface area contributed by atoms with Crippen molar-refractivity contribution >= 4 is 19.5 Å². The monoisotopic (exact) mass is 286 g/mol. The van der Waals surface area contributed by atoms with E-state index in [1.165, 1.54) is 5.19 Å². The van der Waals surface area contributed by atoms with E-state index in [-0.39, 0.29) is 6.61 Å². The summed E-state index contributed by atoms with van der Waals surface area (Å²) in [5, 5.41) is 10.8. The standard InChI is InChI=1S/C17H22O2Si/c1-20(2,17-11-7-5-8-12-17)15-16(14-19)10-6-3-4-9-13-18/h5,7-8,11-13,15,19H,3-4,9,14H2,1-2H3/b16-15+. The van der Waals surface area contributed by atoms with E-state index in [1.54, 1.807) is 0 Å². The number of carbonyl (C=O) groups excluding carboxylic acids is 1. The highest BCUT2D eigenvalue weighted by molar-refractivity contribution is 6.94. The molecule has 0 atom stereocenters. The van der Waals surface area contributed by atoms with Crippen molar-refractivity contribution in [2.75, 3.05) is 6.61 Å². The van der Waals surface area contributed by atoms with Crippen LogP contribution in [-0.2, 0) is 4.79 Å². The molecule has 106 valence electrons. The molecule has 3 heteroatoms. The number of benzene rings is 1. The van der Waals surface area contributed by atoms with Crippen LogP contribution in [0.1, 0.15) is 19.3 Å². The van der Waals surface area contributed by atoms with Crippen molar-refractivity contribution in [1.82, 2.24) is 0 Å². The minimum atomic E-state index is -1.72. The second kappa shape index (κ2) is 8.52. The van der Waals surface area contributed by atoms with E-state index in [0.29, 0.717) is 12.8 Å². The van der Waals surface area contributed by atoms with Crippen molar-refractivity contribution in [3.8, 4) is 11.8 Å². The highest BCUT2D eigenvalue weighted by Crippen LogP contribution is 2.08. The third-order valence-electron chi connectivity index (χ3n) is 3.10. The molecule has 0 aliphatic heterocycles. The molecule has 0 fully saturated rings. The first-order valence-electron chi connectivity index (χ1n) is 6.91. The number of unbranched alkanes of at least 4 members (excludes halogenated alkanes) is 2. The second-order valence-electron chi connectivity index (χ2n) is 5.28. The van der Waals surface area contributed by atoms with Crippen molar-refractivity contribution < 1.29 is 9.90 Å². The number of aldehydes is 1. The van der Waals surface area contributed by atoms with Gasteiger partial charge in [-0.2, -0.15) is 0 Å². The summed E-state index contributed by atoms with van der Waals surface area (Å²) in [7, 11) is -1.72. The van der Waals surface area contributed by atoms with Gasteiger partial charge in [0.05, 0.1) is 6.61 Å². The smallest absolute Gasteiger partial charge is 0.120 e. The van der Waals surface area contributed by atoms with Crippen LogP contribution in [0, 0.1) is 11.8 Å². The van der Waals surface area contributed by atoms with Crippen molar-refractivity contribution in [3.05, 3.63) is 41.6 Å². The number of hydrogen-bond donors (Lipinski definition) is 1. The molecule has 1 N–H and O–H groups in total. The van der Waals surface area contributed by atoms with Crippen LogP contribution in [-0.4, -0.2) is 26.1 Å². The van der Waals surface area contributed by atoms with E-state index in [4.69, 9.17) is 0 Å². The lowest BCUT2D eigenvalue weighted by Crippen LogP contribution is -2.39. The summed E-state index contributed by atoms with van der Waals surface area (Å²) in [5.41, 5.74) is 2.94. The van der Waals surface area contributed by atoms with E-state index in [0.717, 1.165) is 18.3 Å². The Labute approximate surface area is 122 Å². The summed E-state index contributed by atoms with van der Waals surface area (Å²) in [6.07, 6.45) is 2.95. The van der Waals surface area contributed by atoms with Crippen LogP contribution in [0.25, 0.3) is 0 Å². The zero-order valence-corrected chi connectivity index (χ0v) is 13.2. The van der Waals surface area contributed by atoms with Crippen molar-refractivity contribution in [2.45, 2.75) is 32.4 Å². The first-order valence-corrected chi connectivity index (χ1v) is 9.98. The van der Waals surface area contributed by atoms with E-state index >= 15 is 0 Å². The van der Waals surface area contributed by atoms with Gasteiger partial charge < -0.3 is 9.90 Å². The van der Waals surface area contributed by atoms with Gasteiger partial charge in [0.1, 0.15) is 14.4 Å². The summed E-state index contributed by atoms with van der Waals surface area (Å²) < 4.78 is 0. The van der Waals surface area contributed by atoms with Gasteiger partial charge >= 0.3 is 0 Å². The van der Waals surface area contributed by atoms with Gasteiger partial charge in [0, 0.05) is 18.4 Å². The fraction of sp³-hybridized carbons (Fsp3) is 0.353. The van der Waals surface area contributed by atoms with Crippen LogP contribution in [0.5, 0.6) is 0 Å². The zero-order chi connectivity index (χ0) is 14.8. The second-order valence-corrected chi connectivity index (χ2v) is 9.59. The van der Waals surface area contributed by atoms with E-state index in [9.17, 15) is 9.90 Å². The third kappa shape index (κ3) is 5.56. The molecule has 0 unspecified atom stereocenters. The number of rotatable bonds is 6. The molecule has 0 heterocycles. The quantitative estimate of drug-likeness (QED) is 0.377. The Hall–Kier alpha value is -1.63. The number of carbonyl (C=O) groups is 1. The average Bonchev–Trinajstić information content (AvgIpc) is 2.46. The minimum absolute atomic E-state index is 0.0239. The molecule has 2 nitrogen and oxygen atoms in total.